The van der Waals surface area contributed by atoms with Crippen LogP contribution in [-0.2, 0) is 9.53 Å². The van der Waals surface area contributed by atoms with Crippen molar-refractivity contribution in [2.24, 2.45) is 11.7 Å². The van der Waals surface area contributed by atoms with Gasteiger partial charge in [0.15, 0.2) is 0 Å². The minimum Gasteiger partial charge on any atom is -0.468 e. The summed E-state index contributed by atoms with van der Waals surface area (Å²) >= 11 is 0. The van der Waals surface area contributed by atoms with E-state index in [1.54, 1.807) is 6.92 Å². The third-order valence-corrected chi connectivity index (χ3v) is 3.15. The minimum atomic E-state index is -0.878. The van der Waals surface area contributed by atoms with Gasteiger partial charge in [-0.2, -0.15) is 0 Å². The van der Waals surface area contributed by atoms with Crippen LogP contribution < -0.4 is 5.73 Å². The Morgan fingerprint density at radius 3 is 2.80 bits per heavy atom. The fraction of sp³-hybridized carbons (Fsp3) is 0.909. The topological polar surface area (TPSA) is 55.6 Å². The summed E-state index contributed by atoms with van der Waals surface area (Å²) in [5.74, 6) is 0.431. The summed E-state index contributed by atoms with van der Waals surface area (Å²) in [7, 11) is 1.38. The number of carbonyl (C=O) groups is 1. The molecule has 0 amide bonds. The lowest BCUT2D eigenvalue weighted by Gasteiger charge is -2.27. The first-order valence-corrected chi connectivity index (χ1v) is 5.59. The number of nitrogens with two attached hydrogens (primary N) is 1. The third kappa shape index (κ3) is 3.18. The summed E-state index contributed by atoms with van der Waals surface area (Å²) in [6.45, 7) is 6.63. The van der Waals surface area contributed by atoms with Crippen molar-refractivity contribution in [3.05, 3.63) is 0 Å². The van der Waals surface area contributed by atoms with Gasteiger partial charge in [0.1, 0.15) is 5.54 Å². The molecule has 4 heteroatoms. The Kier molecular flexibility index (Phi) is 4.11. The van der Waals surface area contributed by atoms with Gasteiger partial charge < -0.3 is 15.4 Å². The van der Waals surface area contributed by atoms with Gasteiger partial charge >= 0.3 is 5.97 Å². The predicted octanol–water partition coefficient (Wildman–Crippen LogP) is 0.609. The van der Waals surface area contributed by atoms with Crippen molar-refractivity contribution in [3.63, 3.8) is 0 Å². The number of esters is 1. The third-order valence-electron chi connectivity index (χ3n) is 3.15. The Hall–Kier alpha value is -0.610. The number of likely N-dealkylation sites (tertiary alicyclic amines) is 1. The maximum atomic E-state index is 11.4. The number of carbonyl (C=O) groups excluding carboxylic acids is 1. The van der Waals surface area contributed by atoms with Gasteiger partial charge in [0, 0.05) is 13.1 Å². The molecule has 1 saturated heterocycles. The lowest BCUT2D eigenvalue weighted by atomic mass is 10.0. The van der Waals surface area contributed by atoms with Crippen molar-refractivity contribution in [2.45, 2.75) is 32.2 Å². The van der Waals surface area contributed by atoms with Crippen LogP contribution in [0.15, 0.2) is 0 Å². The molecule has 0 aromatic heterocycles. The van der Waals surface area contributed by atoms with E-state index in [0.717, 1.165) is 19.0 Å². The van der Waals surface area contributed by atoms with Crippen molar-refractivity contribution >= 4 is 5.97 Å². The van der Waals surface area contributed by atoms with E-state index in [1.165, 1.54) is 20.0 Å². The van der Waals surface area contributed by atoms with Crippen LogP contribution in [0, 0.1) is 5.92 Å². The molecule has 1 heterocycles. The Balaban J connectivity index is 2.45. The van der Waals surface area contributed by atoms with E-state index in [0.29, 0.717) is 6.54 Å². The Labute approximate surface area is 91.8 Å². The highest BCUT2D eigenvalue weighted by atomic mass is 16.5. The lowest BCUT2D eigenvalue weighted by Crippen LogP contribution is -2.53. The van der Waals surface area contributed by atoms with Crippen LogP contribution >= 0.6 is 0 Å². The first kappa shape index (κ1) is 12.5. The van der Waals surface area contributed by atoms with Crippen LogP contribution in [0.5, 0.6) is 0 Å². The SMILES string of the molecule is CCC1CCN(CC(C)(N)C(=O)OC)C1. The molecule has 0 aliphatic carbocycles. The molecule has 0 saturated carbocycles. The molecular formula is C11H22N2O2. The molecule has 1 aliphatic rings. The monoisotopic (exact) mass is 214 g/mol. The highest BCUT2D eigenvalue weighted by molar-refractivity contribution is 5.80. The van der Waals surface area contributed by atoms with Crippen LogP contribution in [0.2, 0.25) is 0 Å². The molecule has 1 aliphatic heterocycles. The predicted molar refractivity (Wildman–Crippen MR) is 59.4 cm³/mol. The van der Waals surface area contributed by atoms with Gasteiger partial charge in [-0.3, -0.25) is 4.79 Å². The summed E-state index contributed by atoms with van der Waals surface area (Å²) in [5, 5.41) is 0. The van der Waals surface area contributed by atoms with E-state index in [4.69, 9.17) is 5.73 Å². The first-order valence-electron chi connectivity index (χ1n) is 5.59. The average molecular weight is 214 g/mol. The summed E-state index contributed by atoms with van der Waals surface area (Å²) in [6.07, 6.45) is 2.42. The summed E-state index contributed by atoms with van der Waals surface area (Å²) in [4.78, 5) is 13.7. The number of ether oxygens (including phenoxy) is 1. The smallest absolute Gasteiger partial charge is 0.326 e. The van der Waals surface area contributed by atoms with Crippen LogP contribution in [-0.4, -0.2) is 43.2 Å². The normalized spacial score (nSPS) is 26.3. The highest BCUT2D eigenvalue weighted by Gasteiger charge is 2.34. The molecule has 2 unspecified atom stereocenters. The molecule has 0 aromatic rings. The Morgan fingerprint density at radius 2 is 2.33 bits per heavy atom. The van der Waals surface area contributed by atoms with Crippen molar-refractivity contribution in [3.8, 4) is 0 Å². The van der Waals surface area contributed by atoms with Crippen molar-refractivity contribution in [1.29, 1.82) is 0 Å². The molecule has 2 N–H and O–H groups in total. The van der Waals surface area contributed by atoms with Crippen LogP contribution in [0.1, 0.15) is 26.7 Å². The molecule has 0 spiro atoms. The van der Waals surface area contributed by atoms with Crippen LogP contribution in [0.3, 0.4) is 0 Å². The molecular weight excluding hydrogens is 192 g/mol. The van der Waals surface area contributed by atoms with E-state index in [9.17, 15) is 4.79 Å². The van der Waals surface area contributed by atoms with Crippen LogP contribution in [0.25, 0.3) is 0 Å². The molecule has 15 heavy (non-hydrogen) atoms. The zero-order chi connectivity index (χ0) is 11.5. The fourth-order valence-corrected chi connectivity index (χ4v) is 2.15. The van der Waals surface area contributed by atoms with Crippen molar-refractivity contribution in [2.75, 3.05) is 26.7 Å². The Bertz CT molecular complexity index is 229. The maximum absolute atomic E-state index is 11.4. The lowest BCUT2D eigenvalue weighted by molar-refractivity contribution is -0.147. The summed E-state index contributed by atoms with van der Waals surface area (Å²) in [5.41, 5.74) is 5.04. The van der Waals surface area contributed by atoms with Gasteiger partial charge in [0.25, 0.3) is 0 Å². The molecule has 0 radical (unpaired) electrons. The molecule has 2 atom stereocenters. The zero-order valence-electron chi connectivity index (χ0n) is 9.95. The van der Waals surface area contributed by atoms with E-state index in [1.807, 2.05) is 0 Å². The maximum Gasteiger partial charge on any atom is 0.326 e. The second-order valence-electron chi connectivity index (χ2n) is 4.71. The standard InChI is InChI=1S/C11H22N2O2/c1-4-9-5-6-13(7-9)8-11(2,12)10(14)15-3/h9H,4-8,12H2,1-3H3. The largest absolute Gasteiger partial charge is 0.468 e. The van der Waals surface area contributed by atoms with E-state index >= 15 is 0 Å². The van der Waals surface area contributed by atoms with Gasteiger partial charge in [-0.25, -0.2) is 0 Å². The van der Waals surface area contributed by atoms with Crippen molar-refractivity contribution in [1.82, 2.24) is 4.90 Å². The molecule has 88 valence electrons. The van der Waals surface area contributed by atoms with Crippen LogP contribution in [0.4, 0.5) is 0 Å². The fourth-order valence-electron chi connectivity index (χ4n) is 2.15. The summed E-state index contributed by atoms with van der Waals surface area (Å²) in [6, 6.07) is 0. The number of hydrogen-bond donors (Lipinski definition) is 1. The number of hydrogen-bond acceptors (Lipinski definition) is 4. The van der Waals surface area contributed by atoms with E-state index in [2.05, 4.69) is 16.6 Å². The molecule has 1 rings (SSSR count). The van der Waals surface area contributed by atoms with Gasteiger partial charge in [-0.05, 0) is 25.8 Å². The molecule has 0 aromatic carbocycles. The Morgan fingerprint density at radius 1 is 1.67 bits per heavy atom. The second kappa shape index (κ2) is 4.94. The molecule has 4 nitrogen and oxygen atoms in total. The van der Waals surface area contributed by atoms with Gasteiger partial charge in [-0.15, -0.1) is 0 Å². The minimum absolute atomic E-state index is 0.331. The number of nitrogens with zero attached hydrogens (tertiary/aromatic N) is 1. The number of rotatable bonds is 4. The van der Waals surface area contributed by atoms with E-state index in [-0.39, 0.29) is 5.97 Å². The van der Waals surface area contributed by atoms with Gasteiger partial charge in [0.2, 0.25) is 0 Å². The van der Waals surface area contributed by atoms with Gasteiger partial charge in [0.05, 0.1) is 7.11 Å². The van der Waals surface area contributed by atoms with Crippen molar-refractivity contribution < 1.29 is 9.53 Å². The highest BCUT2D eigenvalue weighted by Crippen LogP contribution is 2.20. The first-order chi connectivity index (χ1) is 6.99. The molecule has 0 bridgehead atoms. The molecule has 1 fully saturated rings. The zero-order valence-corrected chi connectivity index (χ0v) is 9.95. The van der Waals surface area contributed by atoms with Gasteiger partial charge in [-0.1, -0.05) is 13.3 Å². The van der Waals surface area contributed by atoms with E-state index < -0.39 is 5.54 Å². The quantitative estimate of drug-likeness (QED) is 0.697. The number of methoxy groups -OCH3 is 1. The summed E-state index contributed by atoms with van der Waals surface area (Å²) < 4.78 is 4.69. The second-order valence-corrected chi connectivity index (χ2v) is 4.71. The average Bonchev–Trinajstić information content (AvgIpc) is 2.63.